The van der Waals surface area contributed by atoms with Gasteiger partial charge in [-0.2, -0.15) is 0 Å². The van der Waals surface area contributed by atoms with Gasteiger partial charge in [0.25, 0.3) is 0 Å². The van der Waals surface area contributed by atoms with E-state index >= 15 is 0 Å². The molecular formula is C21H23Cl2N3O4S. The first-order valence-electron chi connectivity index (χ1n) is 9.75. The number of halogens is 2. The molecule has 1 heterocycles. The van der Waals surface area contributed by atoms with Crippen molar-refractivity contribution in [1.82, 2.24) is 4.31 Å². The molecule has 0 aliphatic carbocycles. The van der Waals surface area contributed by atoms with E-state index in [1.807, 2.05) is 0 Å². The fourth-order valence-corrected chi connectivity index (χ4v) is 5.84. The molecule has 166 valence electrons. The largest absolute Gasteiger partial charge is 0.326 e. The highest BCUT2D eigenvalue weighted by atomic mass is 35.5. The molecule has 7 nitrogen and oxygen atoms in total. The number of piperidine rings is 1. The summed E-state index contributed by atoms with van der Waals surface area (Å²) in [6, 6.07) is 11.6. The Balaban J connectivity index is 1.68. The Labute approximate surface area is 191 Å². The molecule has 0 aromatic heterocycles. The van der Waals surface area contributed by atoms with Gasteiger partial charge in [-0.3, -0.25) is 9.59 Å². The predicted molar refractivity (Wildman–Crippen MR) is 123 cm³/mol. The third-order valence-corrected chi connectivity index (χ3v) is 7.47. The molecule has 0 spiro atoms. The number of nitrogens with one attached hydrogen (secondary N) is 2. The molecule has 1 unspecified atom stereocenters. The molecule has 10 heteroatoms. The number of amides is 2. The van der Waals surface area contributed by atoms with E-state index in [-0.39, 0.29) is 24.1 Å². The van der Waals surface area contributed by atoms with E-state index in [0.29, 0.717) is 46.4 Å². The molecule has 3 rings (SSSR count). The fourth-order valence-electron chi connectivity index (χ4n) is 3.48. The first kappa shape index (κ1) is 23.5. The van der Waals surface area contributed by atoms with E-state index in [0.717, 1.165) is 0 Å². The van der Waals surface area contributed by atoms with Crippen molar-refractivity contribution in [1.29, 1.82) is 0 Å². The van der Waals surface area contributed by atoms with Gasteiger partial charge in [-0.05, 0) is 43.2 Å². The number of sulfonamides is 1. The zero-order valence-electron chi connectivity index (χ0n) is 16.9. The first-order valence-corrected chi connectivity index (χ1v) is 12.1. The summed E-state index contributed by atoms with van der Waals surface area (Å²) in [5.41, 5.74) is 1.45. The molecule has 0 saturated carbocycles. The molecule has 0 radical (unpaired) electrons. The van der Waals surface area contributed by atoms with E-state index < -0.39 is 15.9 Å². The lowest BCUT2D eigenvalue weighted by Crippen LogP contribution is -2.44. The maximum Gasteiger partial charge on any atom is 0.228 e. The molecular weight excluding hydrogens is 461 g/mol. The second-order valence-corrected chi connectivity index (χ2v) is 10.2. The van der Waals surface area contributed by atoms with Crippen LogP contribution < -0.4 is 10.6 Å². The maximum absolute atomic E-state index is 13.0. The van der Waals surface area contributed by atoms with Crippen LogP contribution in [0.25, 0.3) is 0 Å². The first-order chi connectivity index (χ1) is 14.7. The van der Waals surface area contributed by atoms with Gasteiger partial charge in [-0.25, -0.2) is 12.7 Å². The molecule has 31 heavy (non-hydrogen) atoms. The number of carbonyl (C=O) groups excluding carboxylic acids is 2. The zero-order chi connectivity index (χ0) is 22.6. The minimum Gasteiger partial charge on any atom is -0.326 e. The van der Waals surface area contributed by atoms with Crippen molar-refractivity contribution in [3.8, 4) is 0 Å². The SMILES string of the molecule is CC(=O)Nc1cccc(NC(=O)C2CCCN(S(=O)(=O)Cc3c(Cl)cccc3Cl)C2)c1. The standard InChI is InChI=1S/C21H23Cl2N3O4S/c1-14(27)24-16-6-2-7-17(11-16)25-21(28)15-5-4-10-26(12-15)31(29,30)13-18-19(22)8-3-9-20(18)23/h2-3,6-9,11,15H,4-5,10,12-13H2,1H3,(H,24,27)(H,25,28). The average Bonchev–Trinajstić information content (AvgIpc) is 2.71. The van der Waals surface area contributed by atoms with Crippen LogP contribution in [0.4, 0.5) is 11.4 Å². The van der Waals surface area contributed by atoms with Gasteiger partial charge in [0.2, 0.25) is 21.8 Å². The summed E-state index contributed by atoms with van der Waals surface area (Å²) in [5, 5.41) is 6.06. The van der Waals surface area contributed by atoms with Gasteiger partial charge < -0.3 is 10.6 Å². The van der Waals surface area contributed by atoms with Gasteiger partial charge >= 0.3 is 0 Å². The summed E-state index contributed by atoms with van der Waals surface area (Å²) in [5.74, 6) is -1.29. The molecule has 1 atom stereocenters. The van der Waals surface area contributed by atoms with Crippen molar-refractivity contribution >= 4 is 56.4 Å². The summed E-state index contributed by atoms with van der Waals surface area (Å²) >= 11 is 12.3. The Morgan fingerprint density at radius 2 is 1.68 bits per heavy atom. The van der Waals surface area contributed by atoms with Gasteiger partial charge in [-0.15, -0.1) is 0 Å². The molecule has 2 aromatic rings. The van der Waals surface area contributed by atoms with E-state index in [4.69, 9.17) is 23.2 Å². The van der Waals surface area contributed by atoms with E-state index in [2.05, 4.69) is 10.6 Å². The second kappa shape index (κ2) is 9.99. The van der Waals surface area contributed by atoms with Crippen LogP contribution in [0.15, 0.2) is 42.5 Å². The fraction of sp³-hybridized carbons (Fsp3) is 0.333. The van der Waals surface area contributed by atoms with Gasteiger partial charge in [0.05, 0.1) is 11.7 Å². The van der Waals surface area contributed by atoms with Gasteiger partial charge in [0, 0.05) is 47.0 Å². The molecule has 1 aliphatic heterocycles. The van der Waals surface area contributed by atoms with Crippen LogP contribution in [0.3, 0.4) is 0 Å². The molecule has 0 bridgehead atoms. The summed E-state index contributed by atoms with van der Waals surface area (Å²) < 4.78 is 27.3. The van der Waals surface area contributed by atoms with Crippen molar-refractivity contribution in [3.63, 3.8) is 0 Å². The minimum absolute atomic E-state index is 0.0849. The minimum atomic E-state index is -3.70. The molecule has 2 N–H and O–H groups in total. The topological polar surface area (TPSA) is 95.6 Å². The summed E-state index contributed by atoms with van der Waals surface area (Å²) in [4.78, 5) is 24.0. The molecule has 1 saturated heterocycles. The Kier molecular flexibility index (Phi) is 7.59. The van der Waals surface area contributed by atoms with Crippen LogP contribution >= 0.6 is 23.2 Å². The molecule has 1 aliphatic rings. The van der Waals surface area contributed by atoms with Crippen molar-refractivity contribution in [3.05, 3.63) is 58.1 Å². The zero-order valence-corrected chi connectivity index (χ0v) is 19.2. The number of anilines is 2. The smallest absolute Gasteiger partial charge is 0.228 e. The van der Waals surface area contributed by atoms with E-state index in [1.54, 1.807) is 42.5 Å². The highest BCUT2D eigenvalue weighted by Crippen LogP contribution is 2.29. The highest BCUT2D eigenvalue weighted by Gasteiger charge is 2.33. The third-order valence-electron chi connectivity index (χ3n) is 4.99. The van der Waals surface area contributed by atoms with Crippen LogP contribution in [0.1, 0.15) is 25.3 Å². The number of rotatable bonds is 6. The number of nitrogens with zero attached hydrogens (tertiary/aromatic N) is 1. The van der Waals surface area contributed by atoms with Crippen LogP contribution in [0, 0.1) is 5.92 Å². The van der Waals surface area contributed by atoms with E-state index in [1.165, 1.54) is 11.2 Å². The van der Waals surface area contributed by atoms with Crippen LogP contribution in [-0.2, 0) is 25.4 Å². The quantitative estimate of drug-likeness (QED) is 0.645. The Hall–Kier alpha value is -2.13. The lowest BCUT2D eigenvalue weighted by atomic mass is 9.98. The number of carbonyl (C=O) groups is 2. The van der Waals surface area contributed by atoms with Crippen LogP contribution in [-0.4, -0.2) is 37.6 Å². The van der Waals surface area contributed by atoms with Crippen molar-refractivity contribution in [2.75, 3.05) is 23.7 Å². The van der Waals surface area contributed by atoms with Gasteiger partial charge in [0.1, 0.15) is 0 Å². The normalized spacial score (nSPS) is 17.2. The van der Waals surface area contributed by atoms with Crippen LogP contribution in [0.2, 0.25) is 10.0 Å². The van der Waals surface area contributed by atoms with E-state index in [9.17, 15) is 18.0 Å². The summed E-state index contributed by atoms with van der Waals surface area (Å²) in [6.07, 6.45) is 1.15. The predicted octanol–water partition coefficient (Wildman–Crippen LogP) is 4.13. The Bertz CT molecular complexity index is 1070. The highest BCUT2D eigenvalue weighted by molar-refractivity contribution is 7.88. The molecule has 2 aromatic carbocycles. The Morgan fingerprint density at radius 1 is 1.06 bits per heavy atom. The van der Waals surface area contributed by atoms with Crippen molar-refractivity contribution < 1.29 is 18.0 Å². The van der Waals surface area contributed by atoms with Gasteiger partial charge in [0.15, 0.2) is 0 Å². The number of hydrogen-bond acceptors (Lipinski definition) is 4. The summed E-state index contributed by atoms with van der Waals surface area (Å²) in [7, 11) is -3.70. The lowest BCUT2D eigenvalue weighted by molar-refractivity contribution is -0.121. The second-order valence-electron chi connectivity index (χ2n) is 7.40. The summed E-state index contributed by atoms with van der Waals surface area (Å²) in [6.45, 7) is 1.83. The van der Waals surface area contributed by atoms with Crippen molar-refractivity contribution in [2.45, 2.75) is 25.5 Å². The Morgan fingerprint density at radius 3 is 2.32 bits per heavy atom. The van der Waals surface area contributed by atoms with Crippen LogP contribution in [0.5, 0.6) is 0 Å². The third kappa shape index (κ3) is 6.20. The van der Waals surface area contributed by atoms with Crippen molar-refractivity contribution in [2.24, 2.45) is 5.92 Å². The maximum atomic E-state index is 13.0. The average molecular weight is 484 g/mol. The molecule has 2 amide bonds. The number of hydrogen-bond donors (Lipinski definition) is 2. The number of benzene rings is 2. The lowest BCUT2D eigenvalue weighted by Gasteiger charge is -2.31. The monoisotopic (exact) mass is 483 g/mol. The molecule has 1 fully saturated rings. The van der Waals surface area contributed by atoms with Gasteiger partial charge in [-0.1, -0.05) is 35.3 Å².